The SMILES string of the molecule is CCCC1NC(=O)N(Cc2cccc(F)c2Br)C1=O. The summed E-state index contributed by atoms with van der Waals surface area (Å²) in [5.74, 6) is -0.655. The van der Waals surface area contributed by atoms with Gasteiger partial charge < -0.3 is 5.32 Å². The minimum atomic E-state index is -0.454. The average molecular weight is 329 g/mol. The predicted octanol–water partition coefficient (Wildman–Crippen LogP) is 2.81. The minimum absolute atomic E-state index is 0.0726. The molecule has 1 atom stereocenters. The lowest BCUT2D eigenvalue weighted by Gasteiger charge is -2.14. The molecule has 2 rings (SSSR count). The number of imide groups is 1. The van der Waals surface area contributed by atoms with Gasteiger partial charge in [-0.3, -0.25) is 9.69 Å². The van der Waals surface area contributed by atoms with E-state index in [1.165, 1.54) is 6.07 Å². The molecule has 4 nitrogen and oxygen atoms in total. The minimum Gasteiger partial charge on any atom is -0.326 e. The Hall–Kier alpha value is -1.43. The van der Waals surface area contributed by atoms with E-state index in [9.17, 15) is 14.0 Å². The Bertz CT molecular complexity index is 521. The molecule has 0 radical (unpaired) electrons. The number of carbonyl (C=O) groups excluding carboxylic acids is 2. The van der Waals surface area contributed by atoms with Crippen molar-refractivity contribution in [2.24, 2.45) is 0 Å². The molecule has 1 aromatic carbocycles. The fraction of sp³-hybridized carbons (Fsp3) is 0.385. The molecular formula is C13H14BrFN2O2. The van der Waals surface area contributed by atoms with Crippen molar-refractivity contribution in [2.45, 2.75) is 32.4 Å². The van der Waals surface area contributed by atoms with Gasteiger partial charge in [-0.15, -0.1) is 0 Å². The van der Waals surface area contributed by atoms with Crippen LogP contribution in [0.15, 0.2) is 22.7 Å². The van der Waals surface area contributed by atoms with Crippen molar-refractivity contribution >= 4 is 27.9 Å². The maximum atomic E-state index is 13.4. The summed E-state index contributed by atoms with van der Waals surface area (Å²) in [5, 5.41) is 2.64. The highest BCUT2D eigenvalue weighted by Gasteiger charge is 2.37. The first kappa shape index (κ1) is 14.0. The summed E-state index contributed by atoms with van der Waals surface area (Å²) in [5.41, 5.74) is 0.570. The topological polar surface area (TPSA) is 49.4 Å². The van der Waals surface area contributed by atoms with Gasteiger partial charge in [-0.2, -0.15) is 0 Å². The van der Waals surface area contributed by atoms with Crippen LogP contribution in [0.2, 0.25) is 0 Å². The molecule has 0 bridgehead atoms. The number of nitrogens with zero attached hydrogens (tertiary/aromatic N) is 1. The van der Waals surface area contributed by atoms with Gasteiger partial charge in [-0.1, -0.05) is 25.5 Å². The highest BCUT2D eigenvalue weighted by Crippen LogP contribution is 2.23. The Kier molecular flexibility index (Phi) is 4.19. The van der Waals surface area contributed by atoms with Gasteiger partial charge in [0.15, 0.2) is 0 Å². The molecule has 1 heterocycles. The molecule has 1 unspecified atom stereocenters. The third kappa shape index (κ3) is 2.78. The van der Waals surface area contributed by atoms with Crippen LogP contribution >= 0.6 is 15.9 Å². The number of rotatable bonds is 4. The Morgan fingerprint density at radius 2 is 2.16 bits per heavy atom. The molecule has 1 fully saturated rings. The van der Waals surface area contributed by atoms with Crippen molar-refractivity contribution < 1.29 is 14.0 Å². The fourth-order valence-corrected chi connectivity index (χ4v) is 2.44. The number of hydrogen-bond donors (Lipinski definition) is 1. The fourth-order valence-electron chi connectivity index (χ4n) is 2.05. The van der Waals surface area contributed by atoms with Gasteiger partial charge in [0, 0.05) is 0 Å². The molecule has 1 N–H and O–H groups in total. The van der Waals surface area contributed by atoms with Gasteiger partial charge in [0.05, 0.1) is 11.0 Å². The van der Waals surface area contributed by atoms with Gasteiger partial charge in [-0.25, -0.2) is 9.18 Å². The van der Waals surface area contributed by atoms with Crippen LogP contribution in [0.5, 0.6) is 0 Å². The zero-order valence-electron chi connectivity index (χ0n) is 10.5. The van der Waals surface area contributed by atoms with Gasteiger partial charge in [-0.05, 0) is 34.0 Å². The highest BCUT2D eigenvalue weighted by molar-refractivity contribution is 9.10. The highest BCUT2D eigenvalue weighted by atomic mass is 79.9. The summed E-state index contributed by atoms with van der Waals surface area (Å²) in [4.78, 5) is 24.9. The lowest BCUT2D eigenvalue weighted by molar-refractivity contribution is -0.128. The van der Waals surface area contributed by atoms with E-state index < -0.39 is 17.9 Å². The first-order valence-corrected chi connectivity index (χ1v) is 6.88. The van der Waals surface area contributed by atoms with Crippen molar-refractivity contribution in [3.05, 3.63) is 34.1 Å². The number of hydrogen-bond acceptors (Lipinski definition) is 2. The van der Waals surface area contributed by atoms with E-state index in [1.54, 1.807) is 12.1 Å². The van der Waals surface area contributed by atoms with Crippen molar-refractivity contribution in [1.29, 1.82) is 0 Å². The summed E-state index contributed by atoms with van der Waals surface area (Å²) in [6, 6.07) is 3.68. The number of carbonyl (C=O) groups is 2. The second-order valence-electron chi connectivity index (χ2n) is 4.43. The van der Waals surface area contributed by atoms with E-state index in [1.807, 2.05) is 6.92 Å². The van der Waals surface area contributed by atoms with E-state index in [4.69, 9.17) is 0 Å². The van der Waals surface area contributed by atoms with Crippen molar-refractivity contribution in [3.8, 4) is 0 Å². The molecule has 1 aromatic rings. The summed E-state index contributed by atoms with van der Waals surface area (Å²) < 4.78 is 13.7. The lowest BCUT2D eigenvalue weighted by atomic mass is 10.1. The summed E-state index contributed by atoms with van der Waals surface area (Å²) in [7, 11) is 0. The van der Waals surface area contributed by atoms with Crippen LogP contribution in [-0.2, 0) is 11.3 Å². The molecule has 1 aliphatic heterocycles. The number of amides is 3. The number of halogens is 2. The number of benzene rings is 1. The van der Waals surface area contributed by atoms with E-state index in [0.717, 1.165) is 11.3 Å². The molecule has 1 aliphatic rings. The Labute approximate surface area is 119 Å². The molecule has 6 heteroatoms. The maximum absolute atomic E-state index is 13.4. The lowest BCUT2D eigenvalue weighted by Crippen LogP contribution is -2.31. The Morgan fingerprint density at radius 1 is 1.42 bits per heavy atom. The quantitative estimate of drug-likeness (QED) is 0.864. The van der Waals surface area contributed by atoms with Gasteiger partial charge in [0.25, 0.3) is 5.91 Å². The third-order valence-corrected chi connectivity index (χ3v) is 3.93. The molecule has 0 saturated carbocycles. The Morgan fingerprint density at radius 3 is 2.84 bits per heavy atom. The van der Waals surface area contributed by atoms with E-state index in [-0.39, 0.29) is 16.9 Å². The van der Waals surface area contributed by atoms with Crippen LogP contribution in [-0.4, -0.2) is 22.9 Å². The van der Waals surface area contributed by atoms with Crippen LogP contribution in [0.4, 0.5) is 9.18 Å². The molecule has 0 aliphatic carbocycles. The van der Waals surface area contributed by atoms with Crippen LogP contribution in [0.3, 0.4) is 0 Å². The van der Waals surface area contributed by atoms with Crippen molar-refractivity contribution in [3.63, 3.8) is 0 Å². The molecule has 19 heavy (non-hydrogen) atoms. The average Bonchev–Trinajstić information content (AvgIpc) is 2.63. The van der Waals surface area contributed by atoms with Gasteiger partial charge in [0.1, 0.15) is 11.9 Å². The zero-order chi connectivity index (χ0) is 14.0. The first-order chi connectivity index (χ1) is 9.04. The summed E-state index contributed by atoms with van der Waals surface area (Å²) in [6.07, 6.45) is 1.43. The monoisotopic (exact) mass is 328 g/mol. The standard InChI is InChI=1S/C13H14BrFN2O2/c1-2-4-10-12(18)17(13(19)16-10)7-8-5-3-6-9(15)11(8)14/h3,5-6,10H,2,4,7H2,1H3,(H,16,19). The molecule has 102 valence electrons. The second-order valence-corrected chi connectivity index (χ2v) is 5.22. The van der Waals surface area contributed by atoms with Crippen LogP contribution in [0.1, 0.15) is 25.3 Å². The molecular weight excluding hydrogens is 315 g/mol. The molecule has 3 amide bonds. The van der Waals surface area contributed by atoms with Crippen LogP contribution < -0.4 is 5.32 Å². The zero-order valence-corrected chi connectivity index (χ0v) is 12.0. The number of nitrogens with one attached hydrogen (secondary N) is 1. The van der Waals surface area contributed by atoms with Crippen LogP contribution in [0, 0.1) is 5.82 Å². The van der Waals surface area contributed by atoms with Crippen molar-refractivity contribution in [2.75, 3.05) is 0 Å². The first-order valence-electron chi connectivity index (χ1n) is 6.09. The molecule has 0 spiro atoms. The maximum Gasteiger partial charge on any atom is 0.325 e. The van der Waals surface area contributed by atoms with Crippen LogP contribution in [0.25, 0.3) is 0 Å². The van der Waals surface area contributed by atoms with Gasteiger partial charge in [0.2, 0.25) is 0 Å². The van der Waals surface area contributed by atoms with E-state index >= 15 is 0 Å². The second kappa shape index (κ2) is 5.69. The Balaban J connectivity index is 2.17. The third-order valence-electron chi connectivity index (χ3n) is 3.04. The largest absolute Gasteiger partial charge is 0.326 e. The smallest absolute Gasteiger partial charge is 0.325 e. The van der Waals surface area contributed by atoms with Crippen molar-refractivity contribution in [1.82, 2.24) is 10.2 Å². The normalized spacial score (nSPS) is 18.9. The molecule has 1 saturated heterocycles. The summed E-state index contributed by atoms with van der Waals surface area (Å²) in [6.45, 7) is 2.02. The molecule has 0 aromatic heterocycles. The summed E-state index contributed by atoms with van der Waals surface area (Å²) >= 11 is 3.13. The van der Waals surface area contributed by atoms with E-state index in [0.29, 0.717) is 12.0 Å². The van der Waals surface area contributed by atoms with Gasteiger partial charge >= 0.3 is 6.03 Å². The predicted molar refractivity (Wildman–Crippen MR) is 71.9 cm³/mol. The van der Waals surface area contributed by atoms with E-state index in [2.05, 4.69) is 21.2 Å². The number of urea groups is 1.